The molecule has 0 bridgehead atoms. The number of benzene rings is 1. The molecule has 2 rings (SSSR count). The third-order valence-corrected chi connectivity index (χ3v) is 5.43. The number of thioether (sulfide) groups is 1. The maximum Gasteiger partial charge on any atom is 0.338 e. The zero-order valence-electron chi connectivity index (χ0n) is 11.6. The van der Waals surface area contributed by atoms with Crippen molar-refractivity contribution in [2.45, 2.75) is 36.9 Å². The van der Waals surface area contributed by atoms with E-state index in [4.69, 9.17) is 5.11 Å². The van der Waals surface area contributed by atoms with Crippen molar-refractivity contribution in [1.29, 1.82) is 0 Å². The smallest absolute Gasteiger partial charge is 0.338 e. The van der Waals surface area contributed by atoms with Crippen LogP contribution in [0.4, 0.5) is 10.1 Å². The Kier molecular flexibility index (Phi) is 4.91. The lowest BCUT2D eigenvalue weighted by Crippen LogP contribution is -2.35. The molecule has 1 saturated carbocycles. The highest BCUT2D eigenvalue weighted by molar-refractivity contribution is 8.00. The van der Waals surface area contributed by atoms with Crippen LogP contribution in [0, 0.1) is 5.82 Å². The van der Waals surface area contributed by atoms with Gasteiger partial charge in [0.15, 0.2) is 0 Å². The van der Waals surface area contributed by atoms with Gasteiger partial charge >= 0.3 is 5.97 Å². The van der Waals surface area contributed by atoms with Crippen molar-refractivity contribution in [3.63, 3.8) is 0 Å². The first-order valence-electron chi connectivity index (χ1n) is 6.88. The Morgan fingerprint density at radius 2 is 2.10 bits per heavy atom. The molecule has 1 aromatic rings. The third kappa shape index (κ3) is 3.45. The monoisotopic (exact) mass is 297 g/mol. The van der Waals surface area contributed by atoms with Crippen molar-refractivity contribution in [2.75, 3.05) is 18.1 Å². The second kappa shape index (κ2) is 6.48. The molecule has 0 saturated heterocycles. The van der Waals surface area contributed by atoms with Crippen molar-refractivity contribution in [2.24, 2.45) is 0 Å². The summed E-state index contributed by atoms with van der Waals surface area (Å²) in [4.78, 5) is 10.8. The molecular weight excluding hydrogens is 277 g/mol. The molecular formula is C15H20FNO2S. The molecule has 3 nitrogen and oxygen atoms in total. The Morgan fingerprint density at radius 3 is 2.65 bits per heavy atom. The summed E-state index contributed by atoms with van der Waals surface area (Å²) in [5.41, 5.74) is 0.360. The van der Waals surface area contributed by atoms with Gasteiger partial charge in [0.05, 0.1) is 5.56 Å². The van der Waals surface area contributed by atoms with Gasteiger partial charge in [-0.1, -0.05) is 19.3 Å². The molecule has 0 unspecified atom stereocenters. The Morgan fingerprint density at radius 1 is 1.40 bits per heavy atom. The zero-order valence-corrected chi connectivity index (χ0v) is 12.4. The van der Waals surface area contributed by atoms with Gasteiger partial charge in [0.2, 0.25) is 0 Å². The first-order valence-corrected chi connectivity index (χ1v) is 8.11. The van der Waals surface area contributed by atoms with Gasteiger partial charge < -0.3 is 10.4 Å². The summed E-state index contributed by atoms with van der Waals surface area (Å²) in [6.07, 6.45) is 8.27. The molecule has 1 aromatic carbocycles. The highest BCUT2D eigenvalue weighted by atomic mass is 32.2. The van der Waals surface area contributed by atoms with E-state index in [0.717, 1.165) is 6.54 Å². The molecule has 2 N–H and O–H groups in total. The van der Waals surface area contributed by atoms with Gasteiger partial charge in [-0.3, -0.25) is 0 Å². The molecule has 1 fully saturated rings. The van der Waals surface area contributed by atoms with Gasteiger partial charge in [-0.25, -0.2) is 9.18 Å². The summed E-state index contributed by atoms with van der Waals surface area (Å²) in [7, 11) is 0. The summed E-state index contributed by atoms with van der Waals surface area (Å²) in [5, 5.41) is 12.1. The number of rotatable bonds is 5. The zero-order chi connectivity index (χ0) is 14.6. The van der Waals surface area contributed by atoms with Gasteiger partial charge in [0.1, 0.15) is 5.82 Å². The van der Waals surface area contributed by atoms with Crippen molar-refractivity contribution in [3.8, 4) is 0 Å². The minimum absolute atomic E-state index is 0.222. The number of aromatic carboxylic acids is 1. The lowest BCUT2D eigenvalue weighted by Gasteiger charge is -2.36. The molecule has 0 atom stereocenters. The molecule has 1 aliphatic rings. The van der Waals surface area contributed by atoms with Crippen LogP contribution in [0.2, 0.25) is 0 Å². The fraction of sp³-hybridized carbons (Fsp3) is 0.533. The molecule has 5 heteroatoms. The minimum atomic E-state index is -1.23. The van der Waals surface area contributed by atoms with E-state index in [0.29, 0.717) is 5.69 Å². The third-order valence-electron chi connectivity index (χ3n) is 4.01. The van der Waals surface area contributed by atoms with Crippen LogP contribution in [-0.4, -0.2) is 28.6 Å². The van der Waals surface area contributed by atoms with E-state index < -0.39 is 11.8 Å². The summed E-state index contributed by atoms with van der Waals surface area (Å²) in [6.45, 7) is 0.792. The fourth-order valence-electron chi connectivity index (χ4n) is 2.71. The predicted molar refractivity (Wildman–Crippen MR) is 81.2 cm³/mol. The highest BCUT2D eigenvalue weighted by Crippen LogP contribution is 2.38. The van der Waals surface area contributed by atoms with Crippen LogP contribution in [0.5, 0.6) is 0 Å². The van der Waals surface area contributed by atoms with Crippen molar-refractivity contribution in [3.05, 3.63) is 29.6 Å². The van der Waals surface area contributed by atoms with Crippen LogP contribution in [0.25, 0.3) is 0 Å². The number of nitrogens with one attached hydrogen (secondary N) is 1. The first kappa shape index (κ1) is 15.2. The van der Waals surface area contributed by atoms with Crippen LogP contribution in [0.3, 0.4) is 0 Å². The van der Waals surface area contributed by atoms with Gasteiger partial charge in [0, 0.05) is 17.0 Å². The molecule has 0 radical (unpaired) electrons. The van der Waals surface area contributed by atoms with E-state index >= 15 is 0 Å². The maximum atomic E-state index is 13.6. The van der Waals surface area contributed by atoms with E-state index in [2.05, 4.69) is 11.6 Å². The Balaban J connectivity index is 2.03. The van der Waals surface area contributed by atoms with Gasteiger partial charge in [-0.05, 0) is 37.3 Å². The molecule has 110 valence electrons. The largest absolute Gasteiger partial charge is 0.478 e. The van der Waals surface area contributed by atoms with E-state index in [-0.39, 0.29) is 10.3 Å². The number of carbonyl (C=O) groups is 1. The number of carboxylic acids is 1. The summed E-state index contributed by atoms with van der Waals surface area (Å²) >= 11 is 1.87. The van der Waals surface area contributed by atoms with Gasteiger partial charge in [-0.15, -0.1) is 0 Å². The number of hydrogen-bond acceptors (Lipinski definition) is 3. The number of anilines is 1. The fourth-order valence-corrected chi connectivity index (χ4v) is 3.62. The second-order valence-corrected chi connectivity index (χ2v) is 6.58. The normalized spacial score (nSPS) is 17.7. The second-order valence-electron chi connectivity index (χ2n) is 5.30. The maximum absolute atomic E-state index is 13.6. The Hall–Kier alpha value is -1.23. The van der Waals surface area contributed by atoms with Crippen LogP contribution in [0.1, 0.15) is 42.5 Å². The molecule has 0 aliphatic heterocycles. The summed E-state index contributed by atoms with van der Waals surface area (Å²) in [6, 6.07) is 4.20. The van der Waals surface area contributed by atoms with Crippen LogP contribution < -0.4 is 5.32 Å². The first-order chi connectivity index (χ1) is 9.56. The van der Waals surface area contributed by atoms with E-state index in [1.807, 2.05) is 11.8 Å². The number of hydrogen-bond donors (Lipinski definition) is 2. The molecule has 0 spiro atoms. The summed E-state index contributed by atoms with van der Waals surface area (Å²) in [5.74, 6) is -1.92. The van der Waals surface area contributed by atoms with Crippen LogP contribution in [-0.2, 0) is 0 Å². The Labute approximate surface area is 123 Å². The van der Waals surface area contributed by atoms with Crippen molar-refractivity contribution in [1.82, 2.24) is 0 Å². The molecule has 0 aromatic heterocycles. The molecule has 0 amide bonds. The van der Waals surface area contributed by atoms with Gasteiger partial charge in [0.25, 0.3) is 0 Å². The van der Waals surface area contributed by atoms with Crippen LogP contribution >= 0.6 is 11.8 Å². The van der Waals surface area contributed by atoms with Crippen molar-refractivity contribution < 1.29 is 14.3 Å². The predicted octanol–water partition coefficient (Wildman–Crippen LogP) is 4.00. The highest BCUT2D eigenvalue weighted by Gasteiger charge is 2.30. The van der Waals surface area contributed by atoms with E-state index in [1.54, 1.807) is 6.07 Å². The number of carboxylic acid groups (broad SMARTS) is 1. The Bertz CT molecular complexity index is 487. The lowest BCUT2D eigenvalue weighted by molar-refractivity contribution is 0.0692. The average molecular weight is 297 g/mol. The van der Waals surface area contributed by atoms with E-state index in [1.165, 1.54) is 44.2 Å². The van der Waals surface area contributed by atoms with Crippen molar-refractivity contribution >= 4 is 23.4 Å². The topological polar surface area (TPSA) is 49.3 Å². The van der Waals surface area contributed by atoms with Crippen LogP contribution in [0.15, 0.2) is 18.2 Å². The molecule has 1 aliphatic carbocycles. The van der Waals surface area contributed by atoms with E-state index in [9.17, 15) is 9.18 Å². The standard InChI is InChI=1S/C15H20FNO2S/c1-20-15(7-3-2-4-8-15)10-17-11-5-6-12(14(18)19)13(16)9-11/h5-6,9,17H,2-4,7-8,10H2,1H3,(H,18,19). The SMILES string of the molecule is CSC1(CNc2ccc(C(=O)O)c(F)c2)CCCCC1. The average Bonchev–Trinajstić information content (AvgIpc) is 2.46. The minimum Gasteiger partial charge on any atom is -0.478 e. The lowest BCUT2D eigenvalue weighted by atomic mass is 9.88. The summed E-state index contributed by atoms with van der Waals surface area (Å²) < 4.78 is 13.8. The molecule has 20 heavy (non-hydrogen) atoms. The quantitative estimate of drug-likeness (QED) is 0.862. The molecule has 0 heterocycles. The number of halogens is 1. The van der Waals surface area contributed by atoms with Gasteiger partial charge in [-0.2, -0.15) is 11.8 Å².